The van der Waals surface area contributed by atoms with Gasteiger partial charge in [0.15, 0.2) is 0 Å². The Morgan fingerprint density at radius 3 is 2.47 bits per heavy atom. The van der Waals surface area contributed by atoms with Crippen molar-refractivity contribution in [2.75, 3.05) is 0 Å². The number of allylic oxidation sites excluding steroid dienone is 4. The fraction of sp³-hybridized carbons (Fsp3) is 0.0556. The van der Waals surface area contributed by atoms with Gasteiger partial charge in [-0.25, -0.2) is 0 Å². The molecule has 0 saturated carbocycles. The van der Waals surface area contributed by atoms with E-state index >= 15 is 0 Å². The van der Waals surface area contributed by atoms with Crippen molar-refractivity contribution in [3.8, 4) is 11.3 Å². The van der Waals surface area contributed by atoms with Crippen LogP contribution in [0.25, 0.3) is 16.8 Å². The van der Waals surface area contributed by atoms with E-state index in [2.05, 4.69) is 42.4 Å². The van der Waals surface area contributed by atoms with Gasteiger partial charge in [0.2, 0.25) is 0 Å². The van der Waals surface area contributed by atoms with Crippen molar-refractivity contribution in [3.63, 3.8) is 0 Å². The third-order valence-corrected chi connectivity index (χ3v) is 2.87. The van der Waals surface area contributed by atoms with E-state index in [1.54, 1.807) is 6.08 Å². The maximum atomic E-state index is 4.59. The topological polar surface area (TPSA) is 12.9 Å². The zero-order valence-electron chi connectivity index (χ0n) is 11.1. The number of nitrogens with zero attached hydrogens (tertiary/aromatic N) is 1. The maximum absolute atomic E-state index is 4.59. The first-order chi connectivity index (χ1) is 9.24. The van der Waals surface area contributed by atoms with Crippen LogP contribution in [-0.2, 0) is 0 Å². The molecule has 1 heteroatoms. The minimum Gasteiger partial charge on any atom is -0.253 e. The van der Waals surface area contributed by atoms with E-state index in [0.717, 1.165) is 28.1 Å². The third-order valence-electron chi connectivity index (χ3n) is 2.87. The summed E-state index contributed by atoms with van der Waals surface area (Å²) in [6, 6.07) is 14.3. The zero-order valence-corrected chi connectivity index (χ0v) is 11.1. The highest BCUT2D eigenvalue weighted by Gasteiger charge is 2.04. The van der Waals surface area contributed by atoms with Crippen molar-refractivity contribution in [2.24, 2.45) is 0 Å². The summed E-state index contributed by atoms with van der Waals surface area (Å²) in [7, 11) is 0. The lowest BCUT2D eigenvalue weighted by Crippen LogP contribution is -1.91. The van der Waals surface area contributed by atoms with Gasteiger partial charge in [0.05, 0.1) is 5.69 Å². The summed E-state index contributed by atoms with van der Waals surface area (Å²) in [4.78, 5) is 4.59. The van der Waals surface area contributed by atoms with Crippen LogP contribution in [0.2, 0.25) is 0 Å². The summed E-state index contributed by atoms with van der Waals surface area (Å²) >= 11 is 0. The lowest BCUT2D eigenvalue weighted by Gasteiger charge is -2.08. The molecule has 0 bridgehead atoms. The van der Waals surface area contributed by atoms with Crippen LogP contribution >= 0.6 is 0 Å². The molecule has 0 fully saturated rings. The molecule has 0 aliphatic heterocycles. The Kier molecular flexibility index (Phi) is 4.09. The Hall–Kier alpha value is -2.41. The van der Waals surface area contributed by atoms with Crippen LogP contribution in [0, 0.1) is 6.92 Å². The van der Waals surface area contributed by atoms with Crippen LogP contribution in [0.1, 0.15) is 11.3 Å². The van der Waals surface area contributed by atoms with Gasteiger partial charge in [-0.15, -0.1) is 0 Å². The van der Waals surface area contributed by atoms with Gasteiger partial charge in [0.1, 0.15) is 0 Å². The molecule has 0 atom stereocenters. The van der Waals surface area contributed by atoms with Crippen molar-refractivity contribution in [2.45, 2.75) is 6.92 Å². The molecular formula is C18H17N. The fourth-order valence-corrected chi connectivity index (χ4v) is 2.00. The van der Waals surface area contributed by atoms with Gasteiger partial charge < -0.3 is 0 Å². The van der Waals surface area contributed by atoms with E-state index in [1.165, 1.54) is 0 Å². The molecule has 0 unspecified atom stereocenters. The standard InChI is InChI=1S/C18H17N/c1-4-9-15(5-2)17-12-14(3)19-18(13-17)16-10-7-6-8-11-16/h4-13H,1-2H2,3H3/b15-9+. The lowest BCUT2D eigenvalue weighted by atomic mass is 10.0. The van der Waals surface area contributed by atoms with Crippen LogP contribution in [0.4, 0.5) is 0 Å². The number of hydrogen-bond acceptors (Lipinski definition) is 1. The summed E-state index contributed by atoms with van der Waals surface area (Å²) in [5.41, 5.74) is 5.26. The average Bonchev–Trinajstić information content (AvgIpc) is 2.45. The largest absolute Gasteiger partial charge is 0.253 e. The Morgan fingerprint density at radius 1 is 1.11 bits per heavy atom. The molecular weight excluding hydrogens is 230 g/mol. The first-order valence-electron chi connectivity index (χ1n) is 6.24. The summed E-state index contributed by atoms with van der Waals surface area (Å²) < 4.78 is 0. The Morgan fingerprint density at radius 2 is 1.84 bits per heavy atom. The minimum absolute atomic E-state index is 0.979. The molecule has 1 nitrogen and oxygen atoms in total. The molecule has 0 saturated heterocycles. The number of pyridine rings is 1. The minimum atomic E-state index is 0.979. The molecule has 2 aromatic rings. The number of aryl methyl sites for hydroxylation is 1. The van der Waals surface area contributed by atoms with Crippen LogP contribution in [0.3, 0.4) is 0 Å². The van der Waals surface area contributed by atoms with E-state index in [4.69, 9.17) is 0 Å². The second-order valence-electron chi connectivity index (χ2n) is 4.31. The smallest absolute Gasteiger partial charge is 0.0711 e. The second kappa shape index (κ2) is 5.96. The Balaban J connectivity index is 2.55. The van der Waals surface area contributed by atoms with E-state index in [1.807, 2.05) is 37.3 Å². The lowest BCUT2D eigenvalue weighted by molar-refractivity contribution is 1.20. The van der Waals surface area contributed by atoms with Crippen molar-refractivity contribution < 1.29 is 0 Å². The van der Waals surface area contributed by atoms with Crippen LogP contribution < -0.4 is 0 Å². The van der Waals surface area contributed by atoms with E-state index in [0.29, 0.717) is 0 Å². The Labute approximate surface area is 114 Å². The number of aromatic nitrogens is 1. The average molecular weight is 247 g/mol. The van der Waals surface area contributed by atoms with Crippen molar-refractivity contribution in [1.82, 2.24) is 4.98 Å². The molecule has 1 heterocycles. The Bertz CT molecular complexity index is 621. The van der Waals surface area contributed by atoms with Gasteiger partial charge in [0.25, 0.3) is 0 Å². The second-order valence-corrected chi connectivity index (χ2v) is 4.31. The van der Waals surface area contributed by atoms with Gasteiger partial charge >= 0.3 is 0 Å². The van der Waals surface area contributed by atoms with Gasteiger partial charge in [0, 0.05) is 11.3 Å². The van der Waals surface area contributed by atoms with Crippen LogP contribution in [0.15, 0.2) is 73.9 Å². The van der Waals surface area contributed by atoms with Crippen molar-refractivity contribution in [3.05, 3.63) is 85.1 Å². The molecule has 0 aliphatic rings. The van der Waals surface area contributed by atoms with Crippen LogP contribution in [0.5, 0.6) is 0 Å². The van der Waals surface area contributed by atoms with Gasteiger partial charge in [-0.1, -0.05) is 61.7 Å². The van der Waals surface area contributed by atoms with Crippen molar-refractivity contribution >= 4 is 5.57 Å². The molecule has 0 radical (unpaired) electrons. The van der Waals surface area contributed by atoms with Gasteiger partial charge in [-0.05, 0) is 30.2 Å². The normalized spacial score (nSPS) is 11.1. The third kappa shape index (κ3) is 3.08. The summed E-state index contributed by atoms with van der Waals surface area (Å²) in [5, 5.41) is 0. The molecule has 19 heavy (non-hydrogen) atoms. The number of rotatable bonds is 4. The highest BCUT2D eigenvalue weighted by Crippen LogP contribution is 2.23. The predicted octanol–water partition coefficient (Wildman–Crippen LogP) is 4.81. The summed E-state index contributed by atoms with van der Waals surface area (Å²) in [5.74, 6) is 0. The molecule has 2 rings (SSSR count). The molecule has 1 aromatic heterocycles. The first-order valence-corrected chi connectivity index (χ1v) is 6.24. The number of benzene rings is 1. The van der Waals surface area contributed by atoms with E-state index in [-0.39, 0.29) is 0 Å². The maximum Gasteiger partial charge on any atom is 0.0711 e. The summed E-state index contributed by atoms with van der Waals surface area (Å²) in [6.45, 7) is 9.59. The first kappa shape index (κ1) is 13.0. The fourth-order valence-electron chi connectivity index (χ4n) is 2.00. The highest BCUT2D eigenvalue weighted by atomic mass is 14.7. The van der Waals surface area contributed by atoms with Crippen molar-refractivity contribution in [1.29, 1.82) is 0 Å². The summed E-state index contributed by atoms with van der Waals surface area (Å²) in [6.07, 6.45) is 5.57. The predicted molar refractivity (Wildman–Crippen MR) is 82.8 cm³/mol. The van der Waals surface area contributed by atoms with E-state index in [9.17, 15) is 0 Å². The molecule has 0 N–H and O–H groups in total. The molecule has 94 valence electrons. The monoisotopic (exact) mass is 247 g/mol. The van der Waals surface area contributed by atoms with E-state index < -0.39 is 0 Å². The molecule has 0 amide bonds. The molecule has 0 aliphatic carbocycles. The quantitative estimate of drug-likeness (QED) is 0.706. The van der Waals surface area contributed by atoms with Gasteiger partial charge in [-0.3, -0.25) is 4.98 Å². The van der Waals surface area contributed by atoms with Crippen LogP contribution in [-0.4, -0.2) is 4.98 Å². The SMILES string of the molecule is C=C/C=C(\C=C)c1cc(C)nc(-c2ccccc2)c1. The van der Waals surface area contributed by atoms with Gasteiger partial charge in [-0.2, -0.15) is 0 Å². The number of hydrogen-bond donors (Lipinski definition) is 0. The highest BCUT2D eigenvalue weighted by molar-refractivity contribution is 5.77. The molecule has 1 aromatic carbocycles. The zero-order chi connectivity index (χ0) is 13.7. The molecule has 0 spiro atoms.